The van der Waals surface area contributed by atoms with Crippen molar-refractivity contribution in [1.29, 1.82) is 0 Å². The van der Waals surface area contributed by atoms with Crippen LogP contribution in [-0.2, 0) is 4.74 Å². The van der Waals surface area contributed by atoms with Crippen molar-refractivity contribution in [3.63, 3.8) is 0 Å². The molecule has 0 rings (SSSR count). The molecule has 2 heteroatoms. The van der Waals surface area contributed by atoms with E-state index in [1.54, 1.807) is 6.26 Å². The van der Waals surface area contributed by atoms with Gasteiger partial charge in [-0.25, -0.2) is 0 Å². The van der Waals surface area contributed by atoms with Crippen LogP contribution in [0.25, 0.3) is 0 Å². The van der Waals surface area contributed by atoms with Crippen LogP contribution in [-0.4, -0.2) is 6.61 Å². The second-order valence-electron chi connectivity index (χ2n) is 1.61. The SMILES string of the molecule is CCO/C=C/C(C)=C/Br. The molecule has 0 fully saturated rings. The van der Waals surface area contributed by atoms with Crippen LogP contribution in [0.2, 0.25) is 0 Å². The van der Waals surface area contributed by atoms with Crippen molar-refractivity contribution in [3.8, 4) is 0 Å². The molecule has 0 radical (unpaired) electrons. The smallest absolute Gasteiger partial charge is 0.0845 e. The first-order valence-corrected chi connectivity index (χ1v) is 3.78. The molecule has 0 aliphatic rings. The average Bonchev–Trinajstić information content (AvgIpc) is 1.89. The van der Waals surface area contributed by atoms with Gasteiger partial charge in [0.25, 0.3) is 0 Å². The topological polar surface area (TPSA) is 9.23 Å². The summed E-state index contributed by atoms with van der Waals surface area (Å²) in [4.78, 5) is 1.85. The number of hydrogen-bond donors (Lipinski definition) is 0. The van der Waals surface area contributed by atoms with Crippen LogP contribution in [0.15, 0.2) is 22.9 Å². The van der Waals surface area contributed by atoms with Crippen LogP contribution < -0.4 is 0 Å². The lowest BCUT2D eigenvalue weighted by molar-refractivity contribution is 0.269. The Morgan fingerprint density at radius 3 is 2.78 bits per heavy atom. The molecule has 0 atom stereocenters. The van der Waals surface area contributed by atoms with Gasteiger partial charge in [0.05, 0.1) is 12.9 Å². The molecular formula is C7H11BrO. The van der Waals surface area contributed by atoms with Gasteiger partial charge >= 0.3 is 0 Å². The van der Waals surface area contributed by atoms with Crippen LogP contribution in [0.5, 0.6) is 0 Å². The highest BCUT2D eigenvalue weighted by molar-refractivity contribution is 9.11. The first kappa shape index (κ1) is 8.76. The number of hydrogen-bond acceptors (Lipinski definition) is 1. The molecule has 0 saturated heterocycles. The summed E-state index contributed by atoms with van der Waals surface area (Å²) in [7, 11) is 0. The van der Waals surface area contributed by atoms with E-state index in [-0.39, 0.29) is 0 Å². The van der Waals surface area contributed by atoms with Crippen LogP contribution in [0.1, 0.15) is 13.8 Å². The first-order chi connectivity index (χ1) is 4.31. The van der Waals surface area contributed by atoms with Gasteiger partial charge in [0.1, 0.15) is 0 Å². The van der Waals surface area contributed by atoms with Gasteiger partial charge in [0.2, 0.25) is 0 Å². The molecule has 0 heterocycles. The fourth-order valence-corrected chi connectivity index (χ4v) is 0.441. The summed E-state index contributed by atoms with van der Waals surface area (Å²) in [5, 5.41) is 0. The van der Waals surface area contributed by atoms with Gasteiger partial charge in [-0.1, -0.05) is 15.9 Å². The highest BCUT2D eigenvalue weighted by Gasteiger charge is 1.75. The summed E-state index contributed by atoms with van der Waals surface area (Å²) in [6.07, 6.45) is 3.59. The third-order valence-corrected chi connectivity index (χ3v) is 1.49. The van der Waals surface area contributed by atoms with E-state index < -0.39 is 0 Å². The average molecular weight is 191 g/mol. The van der Waals surface area contributed by atoms with E-state index in [0.717, 1.165) is 12.2 Å². The fraction of sp³-hybridized carbons (Fsp3) is 0.429. The minimum Gasteiger partial charge on any atom is -0.501 e. The molecule has 0 aromatic rings. The number of rotatable bonds is 3. The maximum atomic E-state index is 4.96. The Kier molecular flexibility index (Phi) is 5.73. The number of allylic oxidation sites excluding steroid dienone is 2. The minimum atomic E-state index is 0.728. The first-order valence-electron chi connectivity index (χ1n) is 2.86. The number of ether oxygens (including phenoxy) is 1. The molecule has 0 N–H and O–H groups in total. The van der Waals surface area contributed by atoms with Gasteiger partial charge in [0.15, 0.2) is 0 Å². The highest BCUT2D eigenvalue weighted by atomic mass is 79.9. The fourth-order valence-electron chi connectivity index (χ4n) is 0.288. The Hall–Kier alpha value is -0.240. The molecule has 0 saturated carbocycles. The van der Waals surface area contributed by atoms with Crippen molar-refractivity contribution in [3.05, 3.63) is 22.9 Å². The van der Waals surface area contributed by atoms with E-state index in [0.29, 0.717) is 0 Å². The lowest BCUT2D eigenvalue weighted by Crippen LogP contribution is -1.76. The third-order valence-electron chi connectivity index (χ3n) is 0.766. The predicted molar refractivity (Wildman–Crippen MR) is 43.5 cm³/mol. The van der Waals surface area contributed by atoms with Gasteiger partial charge < -0.3 is 4.74 Å². The van der Waals surface area contributed by atoms with Crippen molar-refractivity contribution in [2.24, 2.45) is 0 Å². The van der Waals surface area contributed by atoms with Crippen LogP contribution in [0, 0.1) is 0 Å². The summed E-state index contributed by atoms with van der Waals surface area (Å²) in [6, 6.07) is 0. The van der Waals surface area contributed by atoms with Gasteiger partial charge in [-0.3, -0.25) is 0 Å². The van der Waals surface area contributed by atoms with Crippen molar-refractivity contribution in [1.82, 2.24) is 0 Å². The van der Waals surface area contributed by atoms with Gasteiger partial charge in [-0.05, 0) is 30.5 Å². The lowest BCUT2D eigenvalue weighted by atomic mass is 10.3. The summed E-state index contributed by atoms with van der Waals surface area (Å²) < 4.78 is 4.96. The van der Waals surface area contributed by atoms with E-state index >= 15 is 0 Å². The monoisotopic (exact) mass is 190 g/mol. The Bertz CT molecular complexity index is 116. The van der Waals surface area contributed by atoms with Gasteiger partial charge in [-0.15, -0.1) is 0 Å². The van der Waals surface area contributed by atoms with E-state index in [2.05, 4.69) is 15.9 Å². The molecule has 0 unspecified atom stereocenters. The van der Waals surface area contributed by atoms with Gasteiger partial charge in [-0.2, -0.15) is 0 Å². The third kappa shape index (κ3) is 5.63. The van der Waals surface area contributed by atoms with Crippen LogP contribution >= 0.6 is 15.9 Å². The molecule has 1 nitrogen and oxygen atoms in total. The second kappa shape index (κ2) is 5.89. The lowest BCUT2D eigenvalue weighted by Gasteiger charge is -1.90. The standard InChI is InChI=1S/C7H11BrO/c1-3-9-5-4-7(2)6-8/h4-6H,3H2,1-2H3/b5-4+,7-6+. The Balaban J connectivity index is 3.45. The van der Waals surface area contributed by atoms with E-state index in [1.807, 2.05) is 24.9 Å². The van der Waals surface area contributed by atoms with Crippen LogP contribution in [0.3, 0.4) is 0 Å². The quantitative estimate of drug-likeness (QED) is 0.492. The molecule has 52 valence electrons. The Morgan fingerprint density at radius 1 is 1.67 bits per heavy atom. The molecule has 0 aromatic carbocycles. The minimum absolute atomic E-state index is 0.728. The zero-order valence-corrected chi connectivity index (χ0v) is 7.31. The zero-order chi connectivity index (χ0) is 7.11. The molecule has 0 bridgehead atoms. The highest BCUT2D eigenvalue weighted by Crippen LogP contribution is 1.98. The van der Waals surface area contributed by atoms with Crippen LogP contribution in [0.4, 0.5) is 0 Å². The predicted octanol–water partition coefficient (Wildman–Crippen LogP) is 2.84. The molecule has 0 spiro atoms. The van der Waals surface area contributed by atoms with Gasteiger partial charge in [0, 0.05) is 0 Å². The molecule has 0 amide bonds. The Labute approximate surface area is 64.5 Å². The van der Waals surface area contributed by atoms with Crippen molar-refractivity contribution in [2.45, 2.75) is 13.8 Å². The van der Waals surface area contributed by atoms with E-state index in [1.165, 1.54) is 0 Å². The zero-order valence-electron chi connectivity index (χ0n) is 5.73. The summed E-state index contributed by atoms with van der Waals surface area (Å²) >= 11 is 3.20. The molecule has 0 aromatic heterocycles. The Morgan fingerprint density at radius 2 is 2.33 bits per heavy atom. The maximum Gasteiger partial charge on any atom is 0.0845 e. The molecule has 0 aliphatic heterocycles. The molecule has 9 heavy (non-hydrogen) atoms. The molecular weight excluding hydrogens is 180 g/mol. The van der Waals surface area contributed by atoms with Crippen molar-refractivity contribution < 1.29 is 4.74 Å². The van der Waals surface area contributed by atoms with E-state index in [4.69, 9.17) is 4.74 Å². The van der Waals surface area contributed by atoms with Crippen molar-refractivity contribution in [2.75, 3.05) is 6.61 Å². The molecule has 0 aliphatic carbocycles. The van der Waals surface area contributed by atoms with Crippen molar-refractivity contribution >= 4 is 15.9 Å². The summed E-state index contributed by atoms with van der Waals surface area (Å²) in [5.41, 5.74) is 1.14. The second-order valence-corrected chi connectivity index (χ2v) is 2.07. The summed E-state index contributed by atoms with van der Waals surface area (Å²) in [5.74, 6) is 0. The maximum absolute atomic E-state index is 4.96. The normalized spacial score (nSPS) is 12.6. The number of halogens is 1. The van der Waals surface area contributed by atoms with E-state index in [9.17, 15) is 0 Å². The summed E-state index contributed by atoms with van der Waals surface area (Å²) in [6.45, 7) is 4.67. The largest absolute Gasteiger partial charge is 0.501 e.